The van der Waals surface area contributed by atoms with Gasteiger partial charge in [0.05, 0.1) is 0 Å². The van der Waals surface area contributed by atoms with Crippen molar-refractivity contribution in [3.8, 4) is 0 Å². The summed E-state index contributed by atoms with van der Waals surface area (Å²) in [5.74, 6) is -0.146. The number of carbonyl (C=O) groups excluding carboxylic acids is 1. The van der Waals surface area contributed by atoms with E-state index in [4.69, 9.17) is 0 Å². The van der Waals surface area contributed by atoms with Gasteiger partial charge in [-0.25, -0.2) is 0 Å². The fourth-order valence-electron chi connectivity index (χ4n) is 1.23. The summed E-state index contributed by atoms with van der Waals surface area (Å²) >= 11 is 0. The van der Waals surface area contributed by atoms with Crippen LogP contribution in [0, 0.1) is 0 Å². The Morgan fingerprint density at radius 1 is 1.12 bits per heavy atom. The number of allylic oxidation sites excluding steroid dienone is 5. The van der Waals surface area contributed by atoms with Crippen molar-refractivity contribution in [2.75, 3.05) is 0 Å². The van der Waals surface area contributed by atoms with Crippen LogP contribution in [0.3, 0.4) is 0 Å². The van der Waals surface area contributed by atoms with E-state index < -0.39 is 0 Å². The molecule has 0 unspecified atom stereocenters. The van der Waals surface area contributed by atoms with Crippen LogP contribution in [0.5, 0.6) is 0 Å². The molecule has 2 heteroatoms. The van der Waals surface area contributed by atoms with Gasteiger partial charge in [-0.15, -0.1) is 0 Å². The van der Waals surface area contributed by atoms with Crippen LogP contribution in [-0.4, -0.2) is 5.91 Å². The Hall–Kier alpha value is -2.35. The summed E-state index contributed by atoms with van der Waals surface area (Å²) in [4.78, 5) is 11.8. The maximum absolute atomic E-state index is 11.8. The highest BCUT2D eigenvalue weighted by atomic mass is 16.1. The highest BCUT2D eigenvalue weighted by Crippen LogP contribution is 2.01. The maximum atomic E-state index is 11.8. The van der Waals surface area contributed by atoms with Gasteiger partial charge in [-0.05, 0) is 24.3 Å². The van der Waals surface area contributed by atoms with Crippen molar-refractivity contribution in [1.29, 1.82) is 0 Å². The van der Waals surface area contributed by atoms with Gasteiger partial charge < -0.3 is 5.32 Å². The molecule has 0 atom stereocenters. The maximum Gasteiger partial charge on any atom is 0.255 e. The number of benzene rings is 1. The molecule has 17 heavy (non-hydrogen) atoms. The van der Waals surface area contributed by atoms with E-state index in [0.717, 1.165) is 0 Å². The van der Waals surface area contributed by atoms with Crippen LogP contribution in [0.15, 0.2) is 79.6 Å². The molecule has 1 N–H and O–H groups in total. The minimum atomic E-state index is -0.146. The molecule has 1 aromatic rings. The van der Waals surface area contributed by atoms with Gasteiger partial charge in [0.2, 0.25) is 0 Å². The van der Waals surface area contributed by atoms with Crippen LogP contribution in [0.2, 0.25) is 0 Å². The summed E-state index contributed by atoms with van der Waals surface area (Å²) < 4.78 is 0. The van der Waals surface area contributed by atoms with Crippen molar-refractivity contribution in [3.05, 3.63) is 85.1 Å². The normalized spacial score (nSPS) is 11.2. The van der Waals surface area contributed by atoms with Crippen LogP contribution >= 0.6 is 0 Å². The minimum absolute atomic E-state index is 0.146. The minimum Gasteiger partial charge on any atom is -0.322 e. The largest absolute Gasteiger partial charge is 0.322 e. The van der Waals surface area contributed by atoms with Gasteiger partial charge in [0.15, 0.2) is 0 Å². The summed E-state index contributed by atoms with van der Waals surface area (Å²) in [5.41, 5.74) is 1.29. The first-order valence-corrected chi connectivity index (χ1v) is 5.26. The molecule has 0 aliphatic carbocycles. The zero-order valence-corrected chi connectivity index (χ0v) is 9.60. The van der Waals surface area contributed by atoms with Crippen molar-refractivity contribution in [2.24, 2.45) is 0 Å². The second-order valence-corrected chi connectivity index (χ2v) is 3.27. The molecule has 1 aromatic carbocycles. The molecule has 86 valence electrons. The first-order chi connectivity index (χ1) is 8.27. The summed E-state index contributed by atoms with van der Waals surface area (Å²) in [5, 5.41) is 2.79. The smallest absolute Gasteiger partial charge is 0.255 e. The van der Waals surface area contributed by atoms with E-state index in [-0.39, 0.29) is 5.91 Å². The number of amides is 1. The van der Waals surface area contributed by atoms with Gasteiger partial charge >= 0.3 is 0 Å². The highest BCUT2D eigenvalue weighted by Gasteiger charge is 2.04. The molecule has 0 radical (unpaired) electrons. The summed E-state index contributed by atoms with van der Waals surface area (Å²) in [6.45, 7) is 7.18. The van der Waals surface area contributed by atoms with E-state index in [1.54, 1.807) is 42.5 Å². The quantitative estimate of drug-likeness (QED) is 0.766. The van der Waals surface area contributed by atoms with Crippen LogP contribution in [0.4, 0.5) is 0 Å². The Morgan fingerprint density at radius 2 is 1.82 bits per heavy atom. The SMILES string of the molecule is C=C/C=C\C(=C/C=C)NC(=O)c1ccccc1. The fraction of sp³-hybridized carbons (Fsp3) is 0. The Morgan fingerprint density at radius 3 is 2.41 bits per heavy atom. The molecular formula is C15H15NO. The van der Waals surface area contributed by atoms with E-state index in [1.165, 1.54) is 0 Å². The Bertz CT molecular complexity index is 455. The van der Waals surface area contributed by atoms with Gasteiger partial charge in [0.1, 0.15) is 0 Å². The molecule has 0 spiro atoms. The Balaban J connectivity index is 2.78. The molecule has 0 aliphatic rings. The van der Waals surface area contributed by atoms with Gasteiger partial charge in [0, 0.05) is 11.3 Å². The first-order valence-electron chi connectivity index (χ1n) is 5.26. The van der Waals surface area contributed by atoms with Crippen LogP contribution in [0.25, 0.3) is 0 Å². The third kappa shape index (κ3) is 4.34. The molecule has 0 aliphatic heterocycles. The molecule has 1 rings (SSSR count). The Kier molecular flexibility index (Phi) is 5.25. The number of rotatable bonds is 5. The van der Waals surface area contributed by atoms with Gasteiger partial charge in [0.25, 0.3) is 5.91 Å². The lowest BCUT2D eigenvalue weighted by atomic mass is 10.2. The second-order valence-electron chi connectivity index (χ2n) is 3.27. The predicted molar refractivity (Wildman–Crippen MR) is 71.5 cm³/mol. The van der Waals surface area contributed by atoms with E-state index in [9.17, 15) is 4.79 Å². The third-order valence-electron chi connectivity index (χ3n) is 2.00. The molecule has 2 nitrogen and oxygen atoms in total. The lowest BCUT2D eigenvalue weighted by Gasteiger charge is -2.05. The van der Waals surface area contributed by atoms with Gasteiger partial charge in [-0.3, -0.25) is 4.79 Å². The molecule has 0 heterocycles. The number of hydrogen-bond donors (Lipinski definition) is 1. The summed E-state index contributed by atoms with van der Waals surface area (Å²) in [6, 6.07) is 9.04. The zero-order valence-electron chi connectivity index (χ0n) is 9.60. The molecule has 0 bridgehead atoms. The van der Waals surface area contributed by atoms with E-state index >= 15 is 0 Å². The predicted octanol–water partition coefficient (Wildman–Crippen LogP) is 3.23. The van der Waals surface area contributed by atoms with Crippen molar-refractivity contribution >= 4 is 5.91 Å². The summed E-state index contributed by atoms with van der Waals surface area (Å²) in [7, 11) is 0. The molecule has 0 fully saturated rings. The summed E-state index contributed by atoms with van der Waals surface area (Å²) in [6.07, 6.45) is 8.50. The molecular weight excluding hydrogens is 210 g/mol. The van der Waals surface area contributed by atoms with Crippen molar-refractivity contribution in [3.63, 3.8) is 0 Å². The topological polar surface area (TPSA) is 29.1 Å². The average molecular weight is 225 g/mol. The number of nitrogens with one attached hydrogen (secondary N) is 1. The van der Waals surface area contributed by atoms with Crippen molar-refractivity contribution in [1.82, 2.24) is 5.32 Å². The average Bonchev–Trinajstić information content (AvgIpc) is 2.37. The van der Waals surface area contributed by atoms with Crippen LogP contribution < -0.4 is 5.32 Å². The first kappa shape index (κ1) is 12.7. The number of hydrogen-bond acceptors (Lipinski definition) is 1. The van der Waals surface area contributed by atoms with Gasteiger partial charge in [-0.2, -0.15) is 0 Å². The second kappa shape index (κ2) is 7.01. The highest BCUT2D eigenvalue weighted by molar-refractivity contribution is 5.95. The van der Waals surface area contributed by atoms with E-state index in [1.807, 2.05) is 18.2 Å². The standard InChI is InChI=1S/C15H15NO/c1-3-5-12-14(9-4-2)16-15(17)13-10-7-6-8-11-13/h3-12H,1-2H2,(H,16,17)/b12-5-,14-9+. The molecule has 1 amide bonds. The van der Waals surface area contributed by atoms with Gasteiger partial charge in [-0.1, -0.05) is 49.6 Å². The molecule has 0 saturated carbocycles. The van der Waals surface area contributed by atoms with Crippen molar-refractivity contribution in [2.45, 2.75) is 0 Å². The third-order valence-corrected chi connectivity index (χ3v) is 2.00. The Labute approximate surface area is 102 Å². The van der Waals surface area contributed by atoms with Crippen LogP contribution in [-0.2, 0) is 0 Å². The monoisotopic (exact) mass is 225 g/mol. The lowest BCUT2D eigenvalue weighted by Crippen LogP contribution is -2.21. The lowest BCUT2D eigenvalue weighted by molar-refractivity contribution is 0.0967. The molecule has 0 saturated heterocycles. The van der Waals surface area contributed by atoms with E-state index in [0.29, 0.717) is 11.3 Å². The fourth-order valence-corrected chi connectivity index (χ4v) is 1.23. The number of carbonyl (C=O) groups is 1. The molecule has 0 aromatic heterocycles. The zero-order chi connectivity index (χ0) is 12.5. The van der Waals surface area contributed by atoms with Crippen LogP contribution in [0.1, 0.15) is 10.4 Å². The van der Waals surface area contributed by atoms with E-state index in [2.05, 4.69) is 18.5 Å². The van der Waals surface area contributed by atoms with Crippen molar-refractivity contribution < 1.29 is 4.79 Å².